The van der Waals surface area contributed by atoms with Gasteiger partial charge in [0.2, 0.25) is 0 Å². The third kappa shape index (κ3) is 3.55. The van der Waals surface area contributed by atoms with Gasteiger partial charge in [0.25, 0.3) is 0 Å². The van der Waals surface area contributed by atoms with E-state index in [-0.39, 0.29) is 0 Å². The summed E-state index contributed by atoms with van der Waals surface area (Å²) in [6.07, 6.45) is 3.62. The first kappa shape index (κ1) is 12.1. The van der Waals surface area contributed by atoms with E-state index >= 15 is 0 Å². The van der Waals surface area contributed by atoms with Crippen LogP contribution in [-0.4, -0.2) is 4.98 Å². The van der Waals surface area contributed by atoms with Gasteiger partial charge in [0.05, 0.1) is 0 Å². The van der Waals surface area contributed by atoms with Gasteiger partial charge in [0.1, 0.15) is 0 Å². The topological polar surface area (TPSA) is 24.9 Å². The predicted octanol–water partition coefficient (Wildman–Crippen LogP) is 3.59. The number of halogens is 1. The number of rotatable bonds is 4. The first-order chi connectivity index (χ1) is 8.25. The van der Waals surface area contributed by atoms with E-state index in [1.54, 1.807) is 0 Å². The fourth-order valence-electron chi connectivity index (χ4n) is 1.64. The number of hydrogen-bond acceptors (Lipinski definition) is 2. The van der Waals surface area contributed by atoms with Crippen LogP contribution in [0.1, 0.15) is 24.1 Å². The first-order valence-corrected chi connectivity index (χ1v) is 6.01. The molecule has 2 rings (SSSR count). The second-order valence-electron chi connectivity index (χ2n) is 4.01. The Morgan fingerprint density at radius 1 is 1.12 bits per heavy atom. The third-order valence-corrected chi connectivity index (χ3v) is 2.98. The molecule has 17 heavy (non-hydrogen) atoms. The average Bonchev–Trinajstić information content (AvgIpc) is 2.38. The average molecular weight is 247 g/mol. The van der Waals surface area contributed by atoms with Crippen LogP contribution in [0.15, 0.2) is 48.8 Å². The zero-order valence-corrected chi connectivity index (χ0v) is 10.5. The van der Waals surface area contributed by atoms with E-state index in [0.29, 0.717) is 6.04 Å². The zero-order chi connectivity index (χ0) is 12.1. The second-order valence-corrected chi connectivity index (χ2v) is 4.45. The Kier molecular flexibility index (Phi) is 4.13. The fraction of sp³-hybridized carbons (Fsp3) is 0.214. The Morgan fingerprint density at radius 2 is 1.76 bits per heavy atom. The summed E-state index contributed by atoms with van der Waals surface area (Å²) < 4.78 is 0. The number of aromatic nitrogens is 1. The largest absolute Gasteiger partial charge is 0.306 e. The van der Waals surface area contributed by atoms with Crippen molar-refractivity contribution >= 4 is 11.6 Å². The lowest BCUT2D eigenvalue weighted by molar-refractivity contribution is 0.574. The monoisotopic (exact) mass is 246 g/mol. The molecule has 1 aromatic carbocycles. The molecule has 2 aromatic rings. The van der Waals surface area contributed by atoms with Gasteiger partial charge >= 0.3 is 0 Å². The molecule has 0 spiro atoms. The summed E-state index contributed by atoms with van der Waals surface area (Å²) in [7, 11) is 0. The van der Waals surface area contributed by atoms with Crippen molar-refractivity contribution in [3.8, 4) is 0 Å². The van der Waals surface area contributed by atoms with Crippen LogP contribution >= 0.6 is 11.6 Å². The normalized spacial score (nSPS) is 12.4. The highest BCUT2D eigenvalue weighted by molar-refractivity contribution is 6.30. The van der Waals surface area contributed by atoms with Crippen molar-refractivity contribution in [3.63, 3.8) is 0 Å². The maximum atomic E-state index is 5.86. The highest BCUT2D eigenvalue weighted by Crippen LogP contribution is 2.16. The van der Waals surface area contributed by atoms with Gasteiger partial charge in [-0.05, 0) is 42.3 Å². The van der Waals surface area contributed by atoms with Crippen molar-refractivity contribution in [1.29, 1.82) is 0 Å². The lowest BCUT2D eigenvalue weighted by atomic mass is 10.1. The van der Waals surface area contributed by atoms with Crippen LogP contribution in [0, 0.1) is 0 Å². The summed E-state index contributed by atoms with van der Waals surface area (Å²) in [6, 6.07) is 12.3. The quantitative estimate of drug-likeness (QED) is 0.892. The van der Waals surface area contributed by atoms with Crippen molar-refractivity contribution in [1.82, 2.24) is 10.3 Å². The Hall–Kier alpha value is -1.38. The molecule has 3 heteroatoms. The van der Waals surface area contributed by atoms with Gasteiger partial charge in [0, 0.05) is 30.0 Å². The number of benzene rings is 1. The maximum absolute atomic E-state index is 5.86. The standard InChI is InChI=1S/C14H15ClN2/c1-11(13-2-4-14(15)5-3-13)17-10-12-6-8-16-9-7-12/h2-9,11,17H,10H2,1H3/t11-/m0/s1. The molecule has 0 aliphatic carbocycles. The summed E-state index contributed by atoms with van der Waals surface area (Å²) in [5, 5.41) is 4.24. The minimum atomic E-state index is 0.306. The molecule has 0 bridgehead atoms. The summed E-state index contributed by atoms with van der Waals surface area (Å²) in [5.41, 5.74) is 2.48. The molecule has 0 amide bonds. The molecule has 0 radical (unpaired) electrons. The zero-order valence-electron chi connectivity index (χ0n) is 9.73. The van der Waals surface area contributed by atoms with Gasteiger partial charge in [0.15, 0.2) is 0 Å². The molecule has 0 saturated carbocycles. The highest BCUT2D eigenvalue weighted by atomic mass is 35.5. The van der Waals surface area contributed by atoms with Crippen LogP contribution in [0.2, 0.25) is 5.02 Å². The molecule has 0 aliphatic rings. The van der Waals surface area contributed by atoms with Crippen molar-refractivity contribution in [2.75, 3.05) is 0 Å². The van der Waals surface area contributed by atoms with Gasteiger partial charge < -0.3 is 5.32 Å². The molecule has 0 saturated heterocycles. The highest BCUT2D eigenvalue weighted by Gasteiger charge is 2.04. The van der Waals surface area contributed by atoms with E-state index in [9.17, 15) is 0 Å². The molecular weight excluding hydrogens is 232 g/mol. The van der Waals surface area contributed by atoms with Crippen LogP contribution in [-0.2, 0) is 6.54 Å². The van der Waals surface area contributed by atoms with Gasteiger partial charge in [-0.3, -0.25) is 4.98 Å². The number of hydrogen-bond donors (Lipinski definition) is 1. The predicted molar refractivity (Wildman–Crippen MR) is 70.9 cm³/mol. The molecule has 1 aromatic heterocycles. The summed E-state index contributed by atoms with van der Waals surface area (Å²) in [4.78, 5) is 4.00. The van der Waals surface area contributed by atoms with Crippen LogP contribution in [0.3, 0.4) is 0 Å². The van der Waals surface area contributed by atoms with Gasteiger partial charge in [-0.25, -0.2) is 0 Å². The molecule has 0 fully saturated rings. The van der Waals surface area contributed by atoms with Crippen LogP contribution < -0.4 is 5.32 Å². The molecule has 88 valence electrons. The Labute approximate surface area is 107 Å². The Morgan fingerprint density at radius 3 is 2.41 bits per heavy atom. The van der Waals surface area contributed by atoms with E-state index < -0.39 is 0 Å². The lowest BCUT2D eigenvalue weighted by Gasteiger charge is -2.14. The third-order valence-electron chi connectivity index (χ3n) is 2.73. The van der Waals surface area contributed by atoms with E-state index in [1.165, 1.54) is 11.1 Å². The van der Waals surface area contributed by atoms with Crippen LogP contribution in [0.4, 0.5) is 0 Å². The van der Waals surface area contributed by atoms with Crippen molar-refractivity contribution < 1.29 is 0 Å². The van der Waals surface area contributed by atoms with Crippen LogP contribution in [0.25, 0.3) is 0 Å². The molecule has 0 aliphatic heterocycles. The fourth-order valence-corrected chi connectivity index (χ4v) is 1.77. The Bertz CT molecular complexity index is 453. The second kappa shape index (κ2) is 5.80. The summed E-state index contributed by atoms with van der Waals surface area (Å²) in [6.45, 7) is 2.98. The minimum absolute atomic E-state index is 0.306. The maximum Gasteiger partial charge on any atom is 0.0406 e. The lowest BCUT2D eigenvalue weighted by Crippen LogP contribution is -2.17. The van der Waals surface area contributed by atoms with Gasteiger partial charge in [-0.2, -0.15) is 0 Å². The minimum Gasteiger partial charge on any atom is -0.306 e. The van der Waals surface area contributed by atoms with E-state index in [1.807, 2.05) is 48.8 Å². The summed E-state index contributed by atoms with van der Waals surface area (Å²) in [5.74, 6) is 0. The molecular formula is C14H15ClN2. The van der Waals surface area contributed by atoms with Crippen LogP contribution in [0.5, 0.6) is 0 Å². The molecule has 1 N–H and O–H groups in total. The van der Waals surface area contributed by atoms with Gasteiger partial charge in [-0.1, -0.05) is 23.7 Å². The van der Waals surface area contributed by atoms with Crippen molar-refractivity contribution in [2.24, 2.45) is 0 Å². The summed E-state index contributed by atoms with van der Waals surface area (Å²) >= 11 is 5.86. The van der Waals surface area contributed by atoms with E-state index in [2.05, 4.69) is 17.2 Å². The number of pyridine rings is 1. The van der Waals surface area contributed by atoms with Crippen molar-refractivity contribution in [2.45, 2.75) is 19.5 Å². The molecule has 1 heterocycles. The van der Waals surface area contributed by atoms with Gasteiger partial charge in [-0.15, -0.1) is 0 Å². The number of nitrogens with one attached hydrogen (secondary N) is 1. The van der Waals surface area contributed by atoms with Crippen molar-refractivity contribution in [3.05, 3.63) is 64.9 Å². The molecule has 2 nitrogen and oxygen atoms in total. The van der Waals surface area contributed by atoms with E-state index in [0.717, 1.165) is 11.6 Å². The SMILES string of the molecule is C[C@H](NCc1ccncc1)c1ccc(Cl)cc1. The smallest absolute Gasteiger partial charge is 0.0406 e. The first-order valence-electron chi connectivity index (χ1n) is 5.63. The molecule has 1 atom stereocenters. The number of nitrogens with zero attached hydrogens (tertiary/aromatic N) is 1. The molecule has 0 unspecified atom stereocenters. The Balaban J connectivity index is 1.93. The van der Waals surface area contributed by atoms with E-state index in [4.69, 9.17) is 11.6 Å².